The number of phenols is 1. The summed E-state index contributed by atoms with van der Waals surface area (Å²) in [5.74, 6) is -0.719. The van der Waals surface area contributed by atoms with Crippen LogP contribution in [-0.4, -0.2) is 90.3 Å². The van der Waals surface area contributed by atoms with E-state index in [1.54, 1.807) is 6.08 Å². The minimum Gasteiger partial charge on any atom is -0.502 e. The number of rotatable bonds is 9. The number of benzene rings is 1. The molecule has 0 spiro atoms. The van der Waals surface area contributed by atoms with Crippen LogP contribution in [0.1, 0.15) is 32.8 Å². The predicted octanol–water partition coefficient (Wildman–Crippen LogP) is 1.35. The first-order chi connectivity index (χ1) is 17.9. The van der Waals surface area contributed by atoms with Crippen LogP contribution < -0.4 is 9.47 Å². The number of aromatic hydroxyl groups is 1. The Morgan fingerprint density at radius 2 is 1.71 bits per heavy atom. The van der Waals surface area contributed by atoms with Crippen LogP contribution in [0.25, 0.3) is 6.08 Å². The second kappa shape index (κ2) is 12.3. The van der Waals surface area contributed by atoms with Crippen molar-refractivity contribution in [3.63, 3.8) is 0 Å². The maximum atomic E-state index is 12.3. The topological polar surface area (TPSA) is 161 Å². The summed E-state index contributed by atoms with van der Waals surface area (Å²) in [6.07, 6.45) is -2.63. The molecular weight excluding hydrogens is 500 g/mol. The molecule has 1 aliphatic heterocycles. The Bertz CT molecular complexity index is 1050. The summed E-state index contributed by atoms with van der Waals surface area (Å²) in [6.45, 7) is 5.43. The largest absolute Gasteiger partial charge is 0.502 e. The first kappa shape index (κ1) is 29.6. The van der Waals surface area contributed by atoms with Crippen molar-refractivity contribution in [1.82, 2.24) is 0 Å². The molecule has 0 aromatic heterocycles. The van der Waals surface area contributed by atoms with Crippen molar-refractivity contribution < 1.29 is 53.7 Å². The van der Waals surface area contributed by atoms with Crippen molar-refractivity contribution in [3.8, 4) is 17.2 Å². The second-order valence-corrected chi connectivity index (χ2v) is 10.2. The zero-order valence-electron chi connectivity index (χ0n) is 22.1. The average Bonchev–Trinajstić information content (AvgIpc) is 2.85. The summed E-state index contributed by atoms with van der Waals surface area (Å²) < 4.78 is 26.8. The van der Waals surface area contributed by atoms with Gasteiger partial charge in [-0.3, -0.25) is 4.79 Å². The zero-order valence-corrected chi connectivity index (χ0v) is 22.1. The molecule has 6 atom stereocenters. The van der Waals surface area contributed by atoms with E-state index in [2.05, 4.69) is 0 Å². The highest BCUT2D eigenvalue weighted by molar-refractivity contribution is 5.92. The highest BCUT2D eigenvalue weighted by atomic mass is 16.7. The van der Waals surface area contributed by atoms with Gasteiger partial charge in [-0.15, -0.1) is 0 Å². The van der Waals surface area contributed by atoms with E-state index in [-0.39, 0.29) is 41.0 Å². The van der Waals surface area contributed by atoms with Crippen molar-refractivity contribution in [1.29, 1.82) is 0 Å². The average molecular weight is 537 g/mol. The SMILES string of the molecule is COc1cc(C=CC(=O)OCC2OC(OCC3C(C)=CC(=O)CC3(C)C)C(O)C(O)C2O)cc(OC)c1O. The van der Waals surface area contributed by atoms with Crippen molar-refractivity contribution >= 4 is 17.8 Å². The normalized spacial score (nSPS) is 29.2. The van der Waals surface area contributed by atoms with E-state index >= 15 is 0 Å². The van der Waals surface area contributed by atoms with E-state index in [1.807, 2.05) is 20.8 Å². The third kappa shape index (κ3) is 6.72. The lowest BCUT2D eigenvalue weighted by atomic mass is 9.68. The Labute approximate surface area is 221 Å². The van der Waals surface area contributed by atoms with Crippen LogP contribution in [0.4, 0.5) is 0 Å². The number of ketones is 1. The van der Waals surface area contributed by atoms with Crippen LogP contribution >= 0.6 is 0 Å². The fraction of sp³-hybridized carbons (Fsp3) is 0.556. The number of carbonyl (C=O) groups is 2. The third-order valence-corrected chi connectivity index (χ3v) is 6.91. The molecule has 6 unspecified atom stereocenters. The molecule has 1 heterocycles. The Balaban J connectivity index is 1.61. The molecule has 11 nitrogen and oxygen atoms in total. The lowest BCUT2D eigenvalue weighted by molar-refractivity contribution is -0.304. The highest BCUT2D eigenvalue weighted by Gasteiger charge is 2.46. The monoisotopic (exact) mass is 536 g/mol. The molecule has 210 valence electrons. The number of ether oxygens (including phenoxy) is 5. The maximum absolute atomic E-state index is 12.3. The van der Waals surface area contributed by atoms with Gasteiger partial charge < -0.3 is 44.1 Å². The van der Waals surface area contributed by atoms with Gasteiger partial charge in [-0.05, 0) is 42.2 Å². The second-order valence-electron chi connectivity index (χ2n) is 10.2. The summed E-state index contributed by atoms with van der Waals surface area (Å²) in [7, 11) is 2.76. The molecule has 1 aliphatic carbocycles. The summed E-state index contributed by atoms with van der Waals surface area (Å²) in [5, 5.41) is 41.1. The van der Waals surface area contributed by atoms with Gasteiger partial charge in [-0.25, -0.2) is 4.79 Å². The molecule has 38 heavy (non-hydrogen) atoms. The molecule has 2 aliphatic rings. The van der Waals surface area contributed by atoms with Gasteiger partial charge in [0.05, 0.1) is 20.8 Å². The fourth-order valence-corrected chi connectivity index (χ4v) is 4.72. The minimum absolute atomic E-state index is 0.0378. The number of hydrogen-bond acceptors (Lipinski definition) is 11. The molecular formula is C27H36O11. The van der Waals surface area contributed by atoms with Crippen LogP contribution in [0.3, 0.4) is 0 Å². The smallest absolute Gasteiger partial charge is 0.330 e. The Kier molecular flexibility index (Phi) is 9.55. The molecule has 1 aromatic rings. The lowest BCUT2D eigenvalue weighted by Crippen LogP contribution is -2.59. The van der Waals surface area contributed by atoms with E-state index < -0.39 is 43.3 Å². The van der Waals surface area contributed by atoms with Crippen LogP contribution in [0, 0.1) is 11.3 Å². The van der Waals surface area contributed by atoms with Crippen LogP contribution in [0.15, 0.2) is 29.9 Å². The van der Waals surface area contributed by atoms with E-state index in [1.165, 1.54) is 32.4 Å². The third-order valence-electron chi connectivity index (χ3n) is 6.91. The molecule has 1 aromatic carbocycles. The van der Waals surface area contributed by atoms with Gasteiger partial charge in [0.25, 0.3) is 0 Å². The van der Waals surface area contributed by atoms with E-state index in [0.717, 1.165) is 11.6 Å². The Morgan fingerprint density at radius 1 is 1.08 bits per heavy atom. The van der Waals surface area contributed by atoms with E-state index in [0.29, 0.717) is 12.0 Å². The highest BCUT2D eigenvalue weighted by Crippen LogP contribution is 2.40. The standard InChI is InChI=1S/C27H36O11/c1-14-8-16(28)11-27(2,3)17(14)12-37-26-25(33)24(32)23(31)20(38-26)13-36-21(29)7-6-15-9-18(34-4)22(30)19(10-15)35-5/h6-10,17,20,23-26,30-33H,11-13H2,1-5H3. The zero-order chi connectivity index (χ0) is 28.2. The van der Waals surface area contributed by atoms with E-state index in [9.17, 15) is 30.0 Å². The molecule has 0 bridgehead atoms. The van der Waals surface area contributed by atoms with Gasteiger partial charge in [-0.2, -0.15) is 0 Å². The maximum Gasteiger partial charge on any atom is 0.330 e. The Hall–Kier alpha value is -2.96. The number of carbonyl (C=O) groups excluding carboxylic acids is 2. The summed E-state index contributed by atoms with van der Waals surface area (Å²) in [4.78, 5) is 24.2. The molecule has 0 radical (unpaired) electrons. The molecule has 0 amide bonds. The predicted molar refractivity (Wildman–Crippen MR) is 134 cm³/mol. The van der Waals surface area contributed by atoms with E-state index in [4.69, 9.17) is 23.7 Å². The van der Waals surface area contributed by atoms with Crippen molar-refractivity contribution in [2.45, 2.75) is 57.9 Å². The first-order valence-corrected chi connectivity index (χ1v) is 12.2. The van der Waals surface area contributed by atoms with Crippen molar-refractivity contribution in [2.24, 2.45) is 11.3 Å². The van der Waals surface area contributed by atoms with Crippen LogP contribution in [0.2, 0.25) is 0 Å². The number of methoxy groups -OCH3 is 2. The number of phenolic OH excluding ortho intramolecular Hbond substituents is 1. The summed E-state index contributed by atoms with van der Waals surface area (Å²) >= 11 is 0. The van der Waals surface area contributed by atoms with Crippen LogP contribution in [-0.2, 0) is 23.8 Å². The lowest BCUT2D eigenvalue weighted by Gasteiger charge is -2.42. The van der Waals surface area contributed by atoms with Gasteiger partial charge >= 0.3 is 5.97 Å². The number of aliphatic hydroxyl groups is 3. The summed E-state index contributed by atoms with van der Waals surface area (Å²) in [6, 6.07) is 2.99. The molecule has 4 N–H and O–H groups in total. The molecule has 3 rings (SSSR count). The summed E-state index contributed by atoms with van der Waals surface area (Å²) in [5.41, 5.74) is 0.963. The minimum atomic E-state index is -1.59. The molecule has 1 saturated heterocycles. The number of esters is 1. The van der Waals surface area contributed by atoms with Gasteiger partial charge in [-0.1, -0.05) is 19.4 Å². The van der Waals surface area contributed by atoms with Crippen LogP contribution in [0.5, 0.6) is 17.2 Å². The quantitative estimate of drug-likeness (QED) is 0.266. The van der Waals surface area contributed by atoms with Gasteiger partial charge in [0.15, 0.2) is 23.6 Å². The number of aliphatic hydroxyl groups excluding tert-OH is 3. The molecule has 1 fully saturated rings. The first-order valence-electron chi connectivity index (χ1n) is 12.2. The van der Waals surface area contributed by atoms with Crippen molar-refractivity contribution in [3.05, 3.63) is 35.4 Å². The number of allylic oxidation sites excluding steroid dienone is 1. The fourth-order valence-electron chi connectivity index (χ4n) is 4.72. The van der Waals surface area contributed by atoms with Gasteiger partial charge in [0.2, 0.25) is 5.75 Å². The molecule has 0 saturated carbocycles. The Morgan fingerprint density at radius 3 is 2.29 bits per heavy atom. The number of hydrogen-bond donors (Lipinski definition) is 4. The van der Waals surface area contributed by atoms with Gasteiger partial charge in [0, 0.05) is 18.4 Å². The van der Waals surface area contributed by atoms with Crippen molar-refractivity contribution in [2.75, 3.05) is 27.4 Å². The molecule has 11 heteroatoms. The van der Waals surface area contributed by atoms with Gasteiger partial charge in [0.1, 0.15) is 31.0 Å².